The van der Waals surface area contributed by atoms with Crippen molar-refractivity contribution in [3.05, 3.63) is 35.4 Å². The molecular weight excluding hydrogens is 222 g/mol. The Balaban J connectivity index is 2.37. The molecule has 1 aliphatic rings. The minimum Gasteiger partial charge on any atom is -0.379 e. The van der Waals surface area contributed by atoms with E-state index in [4.69, 9.17) is 16.3 Å². The molecule has 0 N–H and O–H groups in total. The number of ether oxygens (including phenoxy) is 1. The monoisotopic (exact) mass is 232 g/mol. The number of alkyl halides is 1. The lowest BCUT2D eigenvalue weighted by molar-refractivity contribution is -0.0632. The van der Waals surface area contributed by atoms with Gasteiger partial charge in [-0.25, -0.2) is 8.78 Å². The molecule has 0 radical (unpaired) electrons. The van der Waals surface area contributed by atoms with Crippen molar-refractivity contribution in [1.29, 1.82) is 0 Å². The van der Waals surface area contributed by atoms with Crippen molar-refractivity contribution in [2.24, 2.45) is 0 Å². The second-order valence-electron chi connectivity index (χ2n) is 3.84. The Morgan fingerprint density at radius 2 is 2.07 bits per heavy atom. The molecule has 1 heterocycles. The van der Waals surface area contributed by atoms with E-state index in [1.54, 1.807) is 0 Å². The minimum absolute atomic E-state index is 0.384. The standard InChI is InChI=1S/C11H11ClF2O/c12-4-3-11(6-15-7-11)9-5-8(13)1-2-10(9)14/h1-2,5H,3-4,6-7H2. The Kier molecular flexibility index (Phi) is 2.94. The van der Waals surface area contributed by atoms with Crippen molar-refractivity contribution in [3.8, 4) is 0 Å². The first-order valence-corrected chi connectivity index (χ1v) is 5.31. The molecular formula is C11H11ClF2O. The Morgan fingerprint density at radius 1 is 1.33 bits per heavy atom. The van der Waals surface area contributed by atoms with Crippen molar-refractivity contribution >= 4 is 11.6 Å². The lowest BCUT2D eigenvalue weighted by atomic mass is 9.76. The highest BCUT2D eigenvalue weighted by Crippen LogP contribution is 2.37. The molecule has 0 saturated carbocycles. The molecule has 0 aromatic heterocycles. The average Bonchev–Trinajstić information content (AvgIpc) is 2.16. The van der Waals surface area contributed by atoms with Crippen LogP contribution in [0.5, 0.6) is 0 Å². The number of halogens is 3. The molecule has 0 unspecified atom stereocenters. The second kappa shape index (κ2) is 4.06. The van der Waals surface area contributed by atoms with Crippen LogP contribution in [0.3, 0.4) is 0 Å². The highest BCUT2D eigenvalue weighted by atomic mass is 35.5. The maximum Gasteiger partial charge on any atom is 0.127 e. The summed E-state index contributed by atoms with van der Waals surface area (Å²) in [6, 6.07) is 3.51. The molecule has 1 aliphatic heterocycles. The van der Waals surface area contributed by atoms with Gasteiger partial charge in [0.1, 0.15) is 11.6 Å². The topological polar surface area (TPSA) is 9.23 Å². The molecule has 1 aromatic carbocycles. The van der Waals surface area contributed by atoms with Crippen molar-refractivity contribution in [2.75, 3.05) is 19.1 Å². The van der Waals surface area contributed by atoms with Crippen LogP contribution in [0, 0.1) is 11.6 Å². The van der Waals surface area contributed by atoms with Crippen LogP contribution in [0.4, 0.5) is 8.78 Å². The van der Waals surface area contributed by atoms with Gasteiger partial charge < -0.3 is 4.74 Å². The van der Waals surface area contributed by atoms with Crippen LogP contribution < -0.4 is 0 Å². The van der Waals surface area contributed by atoms with E-state index in [9.17, 15) is 8.78 Å². The fourth-order valence-corrected chi connectivity index (χ4v) is 2.23. The fraction of sp³-hybridized carbons (Fsp3) is 0.455. The van der Waals surface area contributed by atoms with Crippen molar-refractivity contribution in [3.63, 3.8) is 0 Å². The van der Waals surface area contributed by atoms with E-state index in [2.05, 4.69) is 0 Å². The van der Waals surface area contributed by atoms with Crippen LogP contribution in [0.25, 0.3) is 0 Å². The van der Waals surface area contributed by atoms with E-state index >= 15 is 0 Å². The summed E-state index contributed by atoms with van der Waals surface area (Å²) in [7, 11) is 0. The normalized spacial score (nSPS) is 18.6. The van der Waals surface area contributed by atoms with Gasteiger partial charge in [-0.15, -0.1) is 11.6 Å². The van der Waals surface area contributed by atoms with Gasteiger partial charge in [-0.2, -0.15) is 0 Å². The first kappa shape index (κ1) is 10.8. The number of rotatable bonds is 3. The molecule has 82 valence electrons. The molecule has 1 saturated heterocycles. The third-order valence-electron chi connectivity index (χ3n) is 2.83. The fourth-order valence-electron chi connectivity index (χ4n) is 1.87. The smallest absolute Gasteiger partial charge is 0.127 e. The van der Waals surface area contributed by atoms with Gasteiger partial charge in [-0.1, -0.05) is 0 Å². The summed E-state index contributed by atoms with van der Waals surface area (Å²) in [6.07, 6.45) is 0.606. The van der Waals surface area contributed by atoms with E-state index < -0.39 is 11.2 Å². The van der Waals surface area contributed by atoms with Gasteiger partial charge in [0, 0.05) is 16.9 Å². The van der Waals surface area contributed by atoms with Crippen LogP contribution in [0.15, 0.2) is 18.2 Å². The van der Waals surface area contributed by atoms with Crippen LogP contribution in [0.2, 0.25) is 0 Å². The van der Waals surface area contributed by atoms with E-state index in [1.165, 1.54) is 6.07 Å². The van der Waals surface area contributed by atoms with E-state index in [-0.39, 0.29) is 5.82 Å². The molecule has 0 aliphatic carbocycles. The largest absolute Gasteiger partial charge is 0.379 e. The molecule has 1 fully saturated rings. The molecule has 4 heteroatoms. The van der Waals surface area contributed by atoms with E-state index in [0.717, 1.165) is 12.1 Å². The van der Waals surface area contributed by atoms with Gasteiger partial charge in [0.25, 0.3) is 0 Å². The number of benzene rings is 1. The zero-order valence-electron chi connectivity index (χ0n) is 8.10. The van der Waals surface area contributed by atoms with Gasteiger partial charge in [0.2, 0.25) is 0 Å². The van der Waals surface area contributed by atoms with Crippen LogP contribution in [0.1, 0.15) is 12.0 Å². The summed E-state index contributed by atoms with van der Waals surface area (Å²) < 4.78 is 31.7. The lowest BCUT2D eigenvalue weighted by Gasteiger charge is -2.41. The summed E-state index contributed by atoms with van der Waals surface area (Å²) in [5.41, 5.74) is -0.0390. The van der Waals surface area contributed by atoms with Crippen LogP contribution in [-0.4, -0.2) is 19.1 Å². The van der Waals surface area contributed by atoms with Gasteiger partial charge in [-0.3, -0.25) is 0 Å². The predicted octanol–water partition coefficient (Wildman–Crippen LogP) is 2.86. The van der Waals surface area contributed by atoms with E-state index in [0.29, 0.717) is 31.1 Å². The zero-order chi connectivity index (χ0) is 10.9. The third-order valence-corrected chi connectivity index (χ3v) is 3.02. The van der Waals surface area contributed by atoms with Gasteiger partial charge in [0.05, 0.1) is 13.2 Å². The molecule has 0 amide bonds. The highest BCUT2D eigenvalue weighted by molar-refractivity contribution is 6.17. The average molecular weight is 233 g/mol. The number of hydrogen-bond acceptors (Lipinski definition) is 1. The molecule has 2 rings (SSSR count). The maximum absolute atomic E-state index is 13.5. The number of hydrogen-bond donors (Lipinski definition) is 0. The minimum atomic E-state index is -0.424. The first-order chi connectivity index (χ1) is 7.18. The van der Waals surface area contributed by atoms with Crippen molar-refractivity contribution in [1.82, 2.24) is 0 Å². The molecule has 1 aromatic rings. The van der Waals surface area contributed by atoms with Crippen molar-refractivity contribution in [2.45, 2.75) is 11.8 Å². The molecule has 0 bridgehead atoms. The maximum atomic E-state index is 13.5. The predicted molar refractivity (Wildman–Crippen MR) is 54.2 cm³/mol. The molecule has 0 atom stereocenters. The highest BCUT2D eigenvalue weighted by Gasteiger charge is 2.41. The van der Waals surface area contributed by atoms with Crippen LogP contribution in [-0.2, 0) is 10.2 Å². The van der Waals surface area contributed by atoms with Gasteiger partial charge in [-0.05, 0) is 24.6 Å². The third kappa shape index (κ3) is 1.86. The first-order valence-electron chi connectivity index (χ1n) is 4.77. The van der Waals surface area contributed by atoms with Crippen LogP contribution >= 0.6 is 11.6 Å². The zero-order valence-corrected chi connectivity index (χ0v) is 8.86. The Bertz CT molecular complexity index is 364. The summed E-state index contributed by atoms with van der Waals surface area (Å²) in [5, 5.41) is 0. The summed E-state index contributed by atoms with van der Waals surface area (Å²) in [5.74, 6) is -0.392. The summed E-state index contributed by atoms with van der Waals surface area (Å²) >= 11 is 5.67. The SMILES string of the molecule is Fc1ccc(F)c(C2(CCCl)COC2)c1. The summed E-state index contributed by atoms with van der Waals surface area (Å²) in [6.45, 7) is 0.834. The molecule has 0 spiro atoms. The Hall–Kier alpha value is -0.670. The molecule has 1 nitrogen and oxygen atoms in total. The van der Waals surface area contributed by atoms with Gasteiger partial charge in [0.15, 0.2) is 0 Å². The second-order valence-corrected chi connectivity index (χ2v) is 4.21. The lowest BCUT2D eigenvalue weighted by Crippen LogP contribution is -2.47. The Labute approximate surface area is 92.0 Å². The van der Waals surface area contributed by atoms with Crippen molar-refractivity contribution < 1.29 is 13.5 Å². The van der Waals surface area contributed by atoms with E-state index in [1.807, 2.05) is 0 Å². The molecule has 15 heavy (non-hydrogen) atoms. The summed E-state index contributed by atoms with van der Waals surface area (Å²) in [4.78, 5) is 0. The Morgan fingerprint density at radius 3 is 2.60 bits per heavy atom. The quantitative estimate of drug-likeness (QED) is 0.729. The van der Waals surface area contributed by atoms with Gasteiger partial charge >= 0.3 is 0 Å².